The van der Waals surface area contributed by atoms with Gasteiger partial charge in [0.2, 0.25) is 0 Å². The highest BCUT2D eigenvalue weighted by atomic mass is 14.8. The summed E-state index contributed by atoms with van der Waals surface area (Å²) >= 11 is 0. The summed E-state index contributed by atoms with van der Waals surface area (Å²) in [4.78, 5) is 15.4. The Morgan fingerprint density at radius 1 is 0.909 bits per heavy atom. The van der Waals surface area contributed by atoms with E-state index in [-0.39, 0.29) is 0 Å². The number of pyridine rings is 2. The number of aromatic amines is 2. The lowest BCUT2D eigenvalue weighted by Crippen LogP contribution is -1.99. The van der Waals surface area contributed by atoms with Gasteiger partial charge in [-0.3, -0.25) is 0 Å². The fourth-order valence-electron chi connectivity index (χ4n) is 3.30. The largest absolute Gasteiger partial charge is 0.346 e. The average Bonchev–Trinajstić information content (AvgIpc) is 3.17. The normalized spacial score (nSPS) is 11.7. The number of H-pyrrole nitrogens is 2. The summed E-state index contributed by atoms with van der Waals surface area (Å²) in [6, 6.07) is 8.28. The smallest absolute Gasteiger partial charge is 0.137 e. The zero-order valence-electron chi connectivity index (χ0n) is 12.5. The number of aromatic nitrogens is 4. The van der Waals surface area contributed by atoms with E-state index in [0.29, 0.717) is 5.92 Å². The van der Waals surface area contributed by atoms with Gasteiger partial charge < -0.3 is 9.97 Å². The van der Waals surface area contributed by atoms with Crippen LogP contribution in [-0.4, -0.2) is 19.9 Å². The highest BCUT2D eigenvalue weighted by molar-refractivity contribution is 5.84. The van der Waals surface area contributed by atoms with Crippen molar-refractivity contribution in [3.05, 3.63) is 60.2 Å². The zero-order valence-corrected chi connectivity index (χ0v) is 12.5. The third-order valence-electron chi connectivity index (χ3n) is 4.29. The summed E-state index contributed by atoms with van der Waals surface area (Å²) in [6.07, 6.45) is 10.1. The molecule has 0 saturated heterocycles. The molecule has 0 fully saturated rings. The molecule has 0 aliphatic carbocycles. The standard InChI is InChI=1S/C18H18N4/c1-2-5-12(15-10-21-17-13(15)6-3-8-19-17)16-11-22-18-14(16)7-4-9-20-18/h3-4,6-12H,2,5H2,1H3,(H,19,21)(H,20,22). The van der Waals surface area contributed by atoms with Gasteiger partial charge in [0, 0.05) is 41.5 Å². The third kappa shape index (κ3) is 1.99. The van der Waals surface area contributed by atoms with Crippen LogP contribution < -0.4 is 0 Å². The summed E-state index contributed by atoms with van der Waals surface area (Å²) in [6.45, 7) is 2.23. The van der Waals surface area contributed by atoms with Crippen molar-refractivity contribution in [2.45, 2.75) is 25.7 Å². The fraction of sp³-hybridized carbons (Fsp3) is 0.222. The average molecular weight is 290 g/mol. The van der Waals surface area contributed by atoms with E-state index in [0.717, 1.165) is 24.1 Å². The molecule has 0 radical (unpaired) electrons. The first-order valence-electron chi connectivity index (χ1n) is 7.72. The van der Waals surface area contributed by atoms with Crippen LogP contribution in [0.25, 0.3) is 22.1 Å². The first-order valence-corrected chi connectivity index (χ1v) is 7.72. The van der Waals surface area contributed by atoms with Crippen LogP contribution in [0.1, 0.15) is 36.8 Å². The van der Waals surface area contributed by atoms with Crippen LogP contribution in [-0.2, 0) is 0 Å². The Bertz CT molecular complexity index is 845. The van der Waals surface area contributed by atoms with E-state index < -0.39 is 0 Å². The third-order valence-corrected chi connectivity index (χ3v) is 4.29. The lowest BCUT2D eigenvalue weighted by Gasteiger charge is -2.15. The Hall–Kier alpha value is -2.62. The number of hydrogen-bond donors (Lipinski definition) is 2. The molecule has 0 saturated carbocycles. The molecule has 0 unspecified atom stereocenters. The minimum atomic E-state index is 0.348. The summed E-state index contributed by atoms with van der Waals surface area (Å²) in [5.41, 5.74) is 4.54. The SMILES string of the molecule is CCCC(c1c[nH]c2ncccc12)c1c[nH]c2ncccc12. The number of nitrogens with one attached hydrogen (secondary N) is 2. The van der Waals surface area contributed by atoms with Crippen LogP contribution in [0.3, 0.4) is 0 Å². The van der Waals surface area contributed by atoms with Crippen LogP contribution in [0.2, 0.25) is 0 Å². The Balaban J connectivity index is 1.91. The van der Waals surface area contributed by atoms with Crippen molar-refractivity contribution in [2.24, 2.45) is 0 Å². The number of fused-ring (bicyclic) bond motifs is 2. The van der Waals surface area contributed by atoms with Crippen molar-refractivity contribution in [1.82, 2.24) is 19.9 Å². The van der Waals surface area contributed by atoms with Gasteiger partial charge in [-0.25, -0.2) is 9.97 Å². The van der Waals surface area contributed by atoms with Gasteiger partial charge in [0.15, 0.2) is 0 Å². The molecule has 4 heterocycles. The highest BCUT2D eigenvalue weighted by Gasteiger charge is 2.20. The molecule has 4 heteroatoms. The van der Waals surface area contributed by atoms with Crippen LogP contribution in [0.15, 0.2) is 49.1 Å². The van der Waals surface area contributed by atoms with E-state index in [1.807, 2.05) is 24.5 Å². The molecule has 110 valence electrons. The fourth-order valence-corrected chi connectivity index (χ4v) is 3.30. The maximum atomic E-state index is 4.41. The molecule has 0 spiro atoms. The zero-order chi connectivity index (χ0) is 14.9. The van der Waals surface area contributed by atoms with Crippen molar-refractivity contribution in [2.75, 3.05) is 0 Å². The second-order valence-electron chi connectivity index (χ2n) is 5.63. The van der Waals surface area contributed by atoms with Gasteiger partial charge in [-0.1, -0.05) is 13.3 Å². The van der Waals surface area contributed by atoms with Gasteiger partial charge in [0.25, 0.3) is 0 Å². The van der Waals surface area contributed by atoms with Gasteiger partial charge in [-0.2, -0.15) is 0 Å². The van der Waals surface area contributed by atoms with Crippen LogP contribution in [0, 0.1) is 0 Å². The summed E-state index contributed by atoms with van der Waals surface area (Å²) in [5, 5.41) is 2.42. The van der Waals surface area contributed by atoms with E-state index >= 15 is 0 Å². The molecule has 4 aromatic heterocycles. The molecule has 0 aromatic carbocycles. The molecular formula is C18H18N4. The van der Waals surface area contributed by atoms with Gasteiger partial charge >= 0.3 is 0 Å². The maximum Gasteiger partial charge on any atom is 0.137 e. The van der Waals surface area contributed by atoms with Crippen LogP contribution in [0.5, 0.6) is 0 Å². The molecule has 2 N–H and O–H groups in total. The van der Waals surface area contributed by atoms with Crippen molar-refractivity contribution in [3.8, 4) is 0 Å². The molecule has 0 atom stereocenters. The summed E-state index contributed by atoms with van der Waals surface area (Å²) < 4.78 is 0. The predicted octanol–water partition coefficient (Wildman–Crippen LogP) is 4.37. The van der Waals surface area contributed by atoms with Crippen molar-refractivity contribution in [1.29, 1.82) is 0 Å². The van der Waals surface area contributed by atoms with E-state index in [9.17, 15) is 0 Å². The molecule has 0 amide bonds. The van der Waals surface area contributed by atoms with Crippen LogP contribution in [0.4, 0.5) is 0 Å². The van der Waals surface area contributed by atoms with Crippen molar-refractivity contribution in [3.63, 3.8) is 0 Å². The topological polar surface area (TPSA) is 57.4 Å². The van der Waals surface area contributed by atoms with Gasteiger partial charge in [0.05, 0.1) is 0 Å². The second-order valence-corrected chi connectivity index (χ2v) is 5.63. The van der Waals surface area contributed by atoms with Gasteiger partial charge in [0.1, 0.15) is 11.3 Å². The Labute approximate surface area is 128 Å². The molecular weight excluding hydrogens is 272 g/mol. The Kier molecular flexibility index (Phi) is 3.15. The van der Waals surface area contributed by atoms with Crippen molar-refractivity contribution >= 4 is 22.1 Å². The summed E-state index contributed by atoms with van der Waals surface area (Å²) in [5.74, 6) is 0.348. The monoisotopic (exact) mass is 290 g/mol. The van der Waals surface area contributed by atoms with E-state index in [4.69, 9.17) is 0 Å². The Morgan fingerprint density at radius 2 is 1.45 bits per heavy atom. The van der Waals surface area contributed by atoms with E-state index in [1.165, 1.54) is 21.9 Å². The quantitative estimate of drug-likeness (QED) is 0.586. The number of nitrogens with zero attached hydrogens (tertiary/aromatic N) is 2. The van der Waals surface area contributed by atoms with E-state index in [1.54, 1.807) is 0 Å². The van der Waals surface area contributed by atoms with Crippen molar-refractivity contribution < 1.29 is 0 Å². The Morgan fingerprint density at radius 3 is 1.95 bits per heavy atom. The second kappa shape index (κ2) is 5.30. The molecule has 0 aliphatic rings. The summed E-state index contributed by atoms with van der Waals surface area (Å²) in [7, 11) is 0. The maximum absolute atomic E-state index is 4.41. The molecule has 4 aromatic rings. The van der Waals surface area contributed by atoms with Gasteiger partial charge in [-0.05, 0) is 41.8 Å². The van der Waals surface area contributed by atoms with E-state index in [2.05, 4.69) is 51.4 Å². The van der Waals surface area contributed by atoms with Crippen LogP contribution >= 0.6 is 0 Å². The number of hydrogen-bond acceptors (Lipinski definition) is 2. The minimum absolute atomic E-state index is 0.348. The molecule has 4 nitrogen and oxygen atoms in total. The molecule has 22 heavy (non-hydrogen) atoms. The first-order chi connectivity index (χ1) is 10.9. The number of rotatable bonds is 4. The van der Waals surface area contributed by atoms with Gasteiger partial charge in [-0.15, -0.1) is 0 Å². The lowest BCUT2D eigenvalue weighted by molar-refractivity contribution is 0.706. The minimum Gasteiger partial charge on any atom is -0.346 e. The predicted molar refractivity (Wildman–Crippen MR) is 88.9 cm³/mol. The first kappa shape index (κ1) is 13.1. The molecule has 0 aliphatic heterocycles. The highest BCUT2D eigenvalue weighted by Crippen LogP contribution is 2.36. The molecule has 4 rings (SSSR count). The molecule has 0 bridgehead atoms. The lowest BCUT2D eigenvalue weighted by atomic mass is 9.88.